The molecule has 1 N–H and O–H groups in total. The first-order valence-electron chi connectivity index (χ1n) is 6.39. The molecule has 1 aromatic carbocycles. The van der Waals surface area contributed by atoms with Crippen LogP contribution in [0.15, 0.2) is 18.2 Å². The van der Waals surface area contributed by atoms with Crippen molar-refractivity contribution in [3.8, 4) is 0 Å². The standard InChI is InChI=1S/C14H19Cl2N/c1-2-7-17-14(8-10-3-4-10)12-9-11(15)5-6-13(12)16/h5-6,9-10,14,17H,2-4,7-8H2,1H3. The van der Waals surface area contributed by atoms with Gasteiger partial charge < -0.3 is 5.32 Å². The zero-order valence-electron chi connectivity index (χ0n) is 10.2. The van der Waals surface area contributed by atoms with E-state index < -0.39 is 0 Å². The average molecular weight is 272 g/mol. The summed E-state index contributed by atoms with van der Waals surface area (Å²) in [5, 5.41) is 5.17. The Morgan fingerprint density at radius 2 is 2.12 bits per heavy atom. The molecule has 1 nitrogen and oxygen atoms in total. The molecule has 1 saturated carbocycles. The van der Waals surface area contributed by atoms with Gasteiger partial charge in [0.15, 0.2) is 0 Å². The summed E-state index contributed by atoms with van der Waals surface area (Å²) in [4.78, 5) is 0. The average Bonchev–Trinajstić information content (AvgIpc) is 3.11. The minimum Gasteiger partial charge on any atom is -0.310 e. The van der Waals surface area contributed by atoms with Crippen molar-refractivity contribution in [3.05, 3.63) is 33.8 Å². The third-order valence-electron chi connectivity index (χ3n) is 3.24. The van der Waals surface area contributed by atoms with Crippen LogP contribution in [0.4, 0.5) is 0 Å². The predicted octanol–water partition coefficient (Wildman–Crippen LogP) is 4.83. The molecule has 1 aliphatic carbocycles. The van der Waals surface area contributed by atoms with E-state index in [2.05, 4.69) is 12.2 Å². The SMILES string of the molecule is CCCNC(CC1CC1)c1cc(Cl)ccc1Cl. The predicted molar refractivity (Wildman–Crippen MR) is 74.8 cm³/mol. The highest BCUT2D eigenvalue weighted by Gasteiger charge is 2.27. The zero-order chi connectivity index (χ0) is 12.3. The van der Waals surface area contributed by atoms with Gasteiger partial charge in [-0.3, -0.25) is 0 Å². The van der Waals surface area contributed by atoms with Gasteiger partial charge in [-0.15, -0.1) is 0 Å². The maximum absolute atomic E-state index is 6.28. The van der Waals surface area contributed by atoms with Crippen molar-refractivity contribution in [1.29, 1.82) is 0 Å². The summed E-state index contributed by atoms with van der Waals surface area (Å²) >= 11 is 12.3. The van der Waals surface area contributed by atoms with Crippen molar-refractivity contribution in [1.82, 2.24) is 5.32 Å². The molecular formula is C14H19Cl2N. The first-order chi connectivity index (χ1) is 8.20. The maximum atomic E-state index is 6.28. The fourth-order valence-corrected chi connectivity index (χ4v) is 2.54. The topological polar surface area (TPSA) is 12.0 Å². The Balaban J connectivity index is 2.13. The van der Waals surface area contributed by atoms with Gasteiger partial charge in [-0.05, 0) is 49.1 Å². The number of halogens is 2. The van der Waals surface area contributed by atoms with Gasteiger partial charge in [-0.25, -0.2) is 0 Å². The Morgan fingerprint density at radius 1 is 1.35 bits per heavy atom. The summed E-state index contributed by atoms with van der Waals surface area (Å²) in [6, 6.07) is 6.10. The van der Waals surface area contributed by atoms with E-state index >= 15 is 0 Å². The second-order valence-corrected chi connectivity index (χ2v) is 5.70. The normalized spacial score (nSPS) is 17.1. The second kappa shape index (κ2) is 6.08. The quantitative estimate of drug-likeness (QED) is 0.781. The second-order valence-electron chi connectivity index (χ2n) is 4.85. The lowest BCUT2D eigenvalue weighted by atomic mass is 10.0. The number of benzene rings is 1. The minimum atomic E-state index is 0.355. The lowest BCUT2D eigenvalue weighted by Gasteiger charge is -2.20. The highest BCUT2D eigenvalue weighted by atomic mass is 35.5. The van der Waals surface area contributed by atoms with E-state index in [0.29, 0.717) is 6.04 Å². The van der Waals surface area contributed by atoms with E-state index in [0.717, 1.165) is 34.5 Å². The molecule has 0 aromatic heterocycles. The molecule has 0 amide bonds. The molecule has 0 spiro atoms. The number of hydrogen-bond acceptors (Lipinski definition) is 1. The van der Waals surface area contributed by atoms with Crippen molar-refractivity contribution >= 4 is 23.2 Å². The number of rotatable bonds is 6. The first-order valence-corrected chi connectivity index (χ1v) is 7.14. The minimum absolute atomic E-state index is 0.355. The molecule has 0 radical (unpaired) electrons. The Kier molecular flexibility index (Phi) is 4.72. The lowest BCUT2D eigenvalue weighted by Crippen LogP contribution is -2.23. The molecule has 0 heterocycles. The van der Waals surface area contributed by atoms with Gasteiger partial charge in [-0.1, -0.05) is 43.0 Å². The van der Waals surface area contributed by atoms with E-state index in [9.17, 15) is 0 Å². The van der Waals surface area contributed by atoms with Crippen LogP contribution in [-0.2, 0) is 0 Å². The van der Waals surface area contributed by atoms with Crippen molar-refractivity contribution in [3.63, 3.8) is 0 Å². The van der Waals surface area contributed by atoms with Crippen LogP contribution in [0.1, 0.15) is 44.2 Å². The number of nitrogens with one attached hydrogen (secondary N) is 1. The molecule has 3 heteroatoms. The van der Waals surface area contributed by atoms with E-state index in [-0.39, 0.29) is 0 Å². The molecule has 1 unspecified atom stereocenters. The van der Waals surface area contributed by atoms with Crippen LogP contribution >= 0.6 is 23.2 Å². The highest BCUT2D eigenvalue weighted by Crippen LogP contribution is 2.39. The molecule has 0 bridgehead atoms. The van der Waals surface area contributed by atoms with Gasteiger partial charge in [-0.2, -0.15) is 0 Å². The summed E-state index contributed by atoms with van der Waals surface area (Å²) in [6.07, 6.45) is 5.05. The van der Waals surface area contributed by atoms with Crippen LogP contribution in [0.5, 0.6) is 0 Å². The fourth-order valence-electron chi connectivity index (χ4n) is 2.11. The van der Waals surface area contributed by atoms with Crippen LogP contribution in [0, 0.1) is 5.92 Å². The fraction of sp³-hybridized carbons (Fsp3) is 0.571. The first kappa shape index (κ1) is 13.2. The van der Waals surface area contributed by atoms with E-state index in [4.69, 9.17) is 23.2 Å². The Morgan fingerprint density at radius 3 is 2.76 bits per heavy atom. The summed E-state index contributed by atoms with van der Waals surface area (Å²) in [5.74, 6) is 0.874. The molecule has 1 aromatic rings. The van der Waals surface area contributed by atoms with Crippen molar-refractivity contribution in [2.24, 2.45) is 5.92 Å². The van der Waals surface area contributed by atoms with Gasteiger partial charge in [0.2, 0.25) is 0 Å². The molecule has 0 aliphatic heterocycles. The maximum Gasteiger partial charge on any atom is 0.0454 e. The van der Waals surface area contributed by atoms with Crippen LogP contribution in [0.3, 0.4) is 0 Å². The molecule has 2 rings (SSSR count). The van der Waals surface area contributed by atoms with Crippen molar-refractivity contribution in [2.45, 2.75) is 38.6 Å². The van der Waals surface area contributed by atoms with Gasteiger partial charge in [0.05, 0.1) is 0 Å². The van der Waals surface area contributed by atoms with Crippen molar-refractivity contribution < 1.29 is 0 Å². The largest absolute Gasteiger partial charge is 0.310 e. The van der Waals surface area contributed by atoms with Crippen molar-refractivity contribution in [2.75, 3.05) is 6.54 Å². The van der Waals surface area contributed by atoms with E-state index in [1.165, 1.54) is 19.3 Å². The molecule has 1 fully saturated rings. The highest BCUT2D eigenvalue weighted by molar-refractivity contribution is 6.33. The zero-order valence-corrected chi connectivity index (χ0v) is 11.7. The molecule has 1 aliphatic rings. The van der Waals surface area contributed by atoms with Crippen LogP contribution in [-0.4, -0.2) is 6.54 Å². The monoisotopic (exact) mass is 271 g/mol. The van der Waals surface area contributed by atoms with Gasteiger partial charge >= 0.3 is 0 Å². The van der Waals surface area contributed by atoms with E-state index in [1.807, 2.05) is 18.2 Å². The summed E-state index contributed by atoms with van der Waals surface area (Å²) in [7, 11) is 0. The molecular weight excluding hydrogens is 253 g/mol. The Hall–Kier alpha value is -0.240. The van der Waals surface area contributed by atoms with Gasteiger partial charge in [0.1, 0.15) is 0 Å². The van der Waals surface area contributed by atoms with Crippen LogP contribution < -0.4 is 5.32 Å². The molecule has 1 atom stereocenters. The summed E-state index contributed by atoms with van der Waals surface area (Å²) in [5.41, 5.74) is 1.15. The molecule has 94 valence electrons. The van der Waals surface area contributed by atoms with Crippen LogP contribution in [0.2, 0.25) is 10.0 Å². The van der Waals surface area contributed by atoms with Gasteiger partial charge in [0, 0.05) is 16.1 Å². The number of hydrogen-bond donors (Lipinski definition) is 1. The third-order valence-corrected chi connectivity index (χ3v) is 3.82. The molecule has 17 heavy (non-hydrogen) atoms. The summed E-state index contributed by atoms with van der Waals surface area (Å²) in [6.45, 7) is 3.21. The van der Waals surface area contributed by atoms with Gasteiger partial charge in [0.25, 0.3) is 0 Å². The third kappa shape index (κ3) is 3.87. The molecule has 0 saturated heterocycles. The van der Waals surface area contributed by atoms with E-state index in [1.54, 1.807) is 0 Å². The Labute approximate surface area is 114 Å². The smallest absolute Gasteiger partial charge is 0.0454 e. The van der Waals surface area contributed by atoms with Crippen LogP contribution in [0.25, 0.3) is 0 Å². The Bertz CT molecular complexity index is 374. The lowest BCUT2D eigenvalue weighted by molar-refractivity contribution is 0.474. The summed E-state index contributed by atoms with van der Waals surface area (Å²) < 4.78 is 0.